The molecule has 0 atom stereocenters. The highest BCUT2D eigenvalue weighted by molar-refractivity contribution is 5.49. The molecule has 0 aromatic heterocycles. The molecule has 19 heavy (non-hydrogen) atoms. The van der Waals surface area contributed by atoms with Crippen LogP contribution in [-0.4, -0.2) is 24.5 Å². The van der Waals surface area contributed by atoms with Gasteiger partial charge in [0.1, 0.15) is 5.82 Å². The van der Waals surface area contributed by atoms with Crippen molar-refractivity contribution in [3.63, 3.8) is 0 Å². The monoisotopic (exact) mass is 257 g/mol. The highest BCUT2D eigenvalue weighted by Gasteiger charge is 2.16. The summed E-state index contributed by atoms with van der Waals surface area (Å²) in [6, 6.07) is 6.63. The zero-order chi connectivity index (χ0) is 13.5. The van der Waals surface area contributed by atoms with E-state index in [4.69, 9.17) is 6.42 Å². The van der Waals surface area contributed by atoms with E-state index < -0.39 is 0 Å². The van der Waals surface area contributed by atoms with Crippen molar-refractivity contribution in [3.05, 3.63) is 41.7 Å². The fourth-order valence-electron chi connectivity index (χ4n) is 2.41. The van der Waals surface area contributed by atoms with E-state index in [-0.39, 0.29) is 5.82 Å². The zero-order valence-electron chi connectivity index (χ0n) is 11.2. The van der Waals surface area contributed by atoms with Gasteiger partial charge in [0.25, 0.3) is 0 Å². The molecule has 1 aromatic carbocycles. The van der Waals surface area contributed by atoms with E-state index in [1.807, 2.05) is 12.1 Å². The van der Waals surface area contributed by atoms with Gasteiger partial charge in [0, 0.05) is 13.0 Å². The van der Waals surface area contributed by atoms with E-state index in [1.165, 1.54) is 25.0 Å². The Balaban J connectivity index is 1.79. The van der Waals surface area contributed by atoms with Gasteiger partial charge in [-0.15, -0.1) is 12.3 Å². The topological polar surface area (TPSA) is 3.24 Å². The van der Waals surface area contributed by atoms with E-state index in [0.717, 1.165) is 31.6 Å². The zero-order valence-corrected chi connectivity index (χ0v) is 11.2. The second kappa shape index (κ2) is 7.11. The Morgan fingerprint density at radius 3 is 2.58 bits per heavy atom. The van der Waals surface area contributed by atoms with Gasteiger partial charge in [-0.3, -0.25) is 0 Å². The molecular weight excluding hydrogens is 237 g/mol. The number of hydrogen-bond donors (Lipinski definition) is 0. The molecule has 0 bridgehead atoms. The number of terminal acetylenes is 1. The summed E-state index contributed by atoms with van der Waals surface area (Å²) in [5, 5.41) is 0. The second-order valence-corrected chi connectivity index (χ2v) is 5.04. The van der Waals surface area contributed by atoms with Crippen LogP contribution in [-0.2, 0) is 0 Å². The molecule has 0 spiro atoms. The van der Waals surface area contributed by atoms with Crippen LogP contribution in [0.3, 0.4) is 0 Å². The number of benzene rings is 1. The predicted molar refractivity (Wildman–Crippen MR) is 78.0 cm³/mol. The normalized spacial score (nSPS) is 17.7. The predicted octanol–water partition coefficient (Wildman–Crippen LogP) is 3.57. The minimum Gasteiger partial charge on any atom is -0.302 e. The molecule has 0 saturated carbocycles. The Kier molecular flexibility index (Phi) is 5.18. The van der Waals surface area contributed by atoms with Gasteiger partial charge < -0.3 is 4.90 Å². The number of allylic oxidation sites excluding steroid dienone is 1. The summed E-state index contributed by atoms with van der Waals surface area (Å²) in [4.78, 5) is 2.43. The summed E-state index contributed by atoms with van der Waals surface area (Å²) >= 11 is 0. The van der Waals surface area contributed by atoms with Crippen LogP contribution in [0.4, 0.5) is 4.39 Å². The van der Waals surface area contributed by atoms with E-state index in [0.29, 0.717) is 5.92 Å². The molecule has 0 unspecified atom stereocenters. The standard InChI is InChI=1S/C17H20FN/c1-2-3-12-19-13-10-16(11-14-19)5-4-15-6-8-17(18)9-7-15/h1,4-9,16H,3,10-14H2/b5-4+. The number of hydrogen-bond acceptors (Lipinski definition) is 1. The minimum atomic E-state index is -0.182. The van der Waals surface area contributed by atoms with Crippen molar-refractivity contribution < 1.29 is 4.39 Å². The molecule has 1 fully saturated rings. The van der Waals surface area contributed by atoms with E-state index >= 15 is 0 Å². The molecule has 1 aromatic rings. The maximum Gasteiger partial charge on any atom is 0.123 e. The average molecular weight is 257 g/mol. The summed E-state index contributed by atoms with van der Waals surface area (Å²) < 4.78 is 12.8. The molecule has 1 aliphatic rings. The van der Waals surface area contributed by atoms with Crippen LogP contribution in [0.15, 0.2) is 30.3 Å². The Bertz CT molecular complexity index is 447. The van der Waals surface area contributed by atoms with Crippen LogP contribution in [0.2, 0.25) is 0 Å². The van der Waals surface area contributed by atoms with Gasteiger partial charge in [-0.25, -0.2) is 4.39 Å². The lowest BCUT2D eigenvalue weighted by Gasteiger charge is -2.30. The summed E-state index contributed by atoms with van der Waals surface area (Å²) in [6.45, 7) is 3.27. The molecular formula is C17H20FN. The molecule has 1 saturated heterocycles. The molecule has 1 heterocycles. The number of piperidine rings is 1. The van der Waals surface area contributed by atoms with Crippen LogP contribution < -0.4 is 0 Å². The highest BCUT2D eigenvalue weighted by Crippen LogP contribution is 2.19. The molecule has 0 N–H and O–H groups in total. The highest BCUT2D eigenvalue weighted by atomic mass is 19.1. The van der Waals surface area contributed by atoms with Crippen molar-refractivity contribution in [2.24, 2.45) is 5.92 Å². The lowest BCUT2D eigenvalue weighted by atomic mass is 9.95. The maximum absolute atomic E-state index is 12.8. The molecule has 0 radical (unpaired) electrons. The largest absolute Gasteiger partial charge is 0.302 e. The fourth-order valence-corrected chi connectivity index (χ4v) is 2.41. The first-order chi connectivity index (χ1) is 9.28. The van der Waals surface area contributed by atoms with Crippen molar-refractivity contribution in [2.45, 2.75) is 19.3 Å². The van der Waals surface area contributed by atoms with E-state index in [9.17, 15) is 4.39 Å². The Morgan fingerprint density at radius 2 is 1.95 bits per heavy atom. The molecule has 100 valence electrons. The third kappa shape index (κ3) is 4.54. The molecule has 2 heteroatoms. The molecule has 1 nitrogen and oxygen atoms in total. The van der Waals surface area contributed by atoms with Crippen molar-refractivity contribution >= 4 is 6.08 Å². The first kappa shape index (κ1) is 13.8. The fraction of sp³-hybridized carbons (Fsp3) is 0.412. The smallest absolute Gasteiger partial charge is 0.123 e. The summed E-state index contributed by atoms with van der Waals surface area (Å²) in [7, 11) is 0. The minimum absolute atomic E-state index is 0.182. The second-order valence-electron chi connectivity index (χ2n) is 5.04. The van der Waals surface area contributed by atoms with Gasteiger partial charge in [0.05, 0.1) is 0 Å². The van der Waals surface area contributed by atoms with Gasteiger partial charge in [0.15, 0.2) is 0 Å². The third-order valence-corrected chi connectivity index (χ3v) is 3.64. The molecule has 1 aliphatic heterocycles. The molecule has 0 aliphatic carbocycles. The van der Waals surface area contributed by atoms with Gasteiger partial charge in [-0.2, -0.15) is 0 Å². The van der Waals surface area contributed by atoms with Crippen LogP contribution in [0.5, 0.6) is 0 Å². The van der Waals surface area contributed by atoms with Gasteiger partial charge in [-0.05, 0) is 49.5 Å². The van der Waals surface area contributed by atoms with E-state index in [2.05, 4.69) is 23.0 Å². The van der Waals surface area contributed by atoms with Crippen molar-refractivity contribution in [1.29, 1.82) is 0 Å². The SMILES string of the molecule is C#CCCN1CCC(/C=C/c2ccc(F)cc2)CC1. The van der Waals surface area contributed by atoms with Crippen LogP contribution in [0.25, 0.3) is 6.08 Å². The van der Waals surface area contributed by atoms with Crippen LogP contribution in [0, 0.1) is 24.1 Å². The van der Waals surface area contributed by atoms with Crippen LogP contribution in [0.1, 0.15) is 24.8 Å². The van der Waals surface area contributed by atoms with Crippen molar-refractivity contribution in [3.8, 4) is 12.3 Å². The third-order valence-electron chi connectivity index (χ3n) is 3.64. The first-order valence-corrected chi connectivity index (χ1v) is 6.87. The summed E-state index contributed by atoms with van der Waals surface area (Å²) in [5.41, 5.74) is 1.07. The van der Waals surface area contributed by atoms with Gasteiger partial charge in [-0.1, -0.05) is 24.3 Å². The lowest BCUT2D eigenvalue weighted by molar-refractivity contribution is 0.208. The average Bonchev–Trinajstić information content (AvgIpc) is 2.46. The van der Waals surface area contributed by atoms with Gasteiger partial charge >= 0.3 is 0 Å². The van der Waals surface area contributed by atoms with Crippen LogP contribution >= 0.6 is 0 Å². The Labute approximate surface area is 115 Å². The number of nitrogens with zero attached hydrogens (tertiary/aromatic N) is 1. The number of rotatable bonds is 4. The summed E-state index contributed by atoms with van der Waals surface area (Å²) in [6.07, 6.45) is 12.8. The molecule has 2 rings (SSSR count). The van der Waals surface area contributed by atoms with Crippen molar-refractivity contribution in [2.75, 3.05) is 19.6 Å². The lowest BCUT2D eigenvalue weighted by Crippen LogP contribution is -2.33. The van der Waals surface area contributed by atoms with Gasteiger partial charge in [0.2, 0.25) is 0 Å². The number of likely N-dealkylation sites (tertiary alicyclic amines) is 1. The molecule has 0 amide bonds. The Morgan fingerprint density at radius 1 is 1.26 bits per heavy atom. The quantitative estimate of drug-likeness (QED) is 0.745. The Hall–Kier alpha value is -1.59. The number of halogens is 1. The van der Waals surface area contributed by atoms with E-state index in [1.54, 1.807) is 0 Å². The van der Waals surface area contributed by atoms with Crippen molar-refractivity contribution in [1.82, 2.24) is 4.90 Å². The maximum atomic E-state index is 12.8. The first-order valence-electron chi connectivity index (χ1n) is 6.87. The summed E-state index contributed by atoms with van der Waals surface area (Å²) in [5.74, 6) is 3.14.